The predicted octanol–water partition coefficient (Wildman–Crippen LogP) is 6.96. The second kappa shape index (κ2) is 7.67. The third kappa shape index (κ3) is 4.00. The number of hydrogen-bond acceptors (Lipinski definition) is 1. The summed E-state index contributed by atoms with van der Waals surface area (Å²) < 4.78 is 0. The molecular weight excluding hydrogens is 352 g/mol. The smallest absolute Gasteiger partial charge is 0.193 e. The topological polar surface area (TPSA) is 17.1 Å². The Bertz CT molecular complexity index is 1160. The SMILES string of the molecule is CC(C)(C)c1ccc(Cc2ccccc2C(=O)c2cccc3ccccc23)cc1. The maximum absolute atomic E-state index is 13.5. The first-order valence-electron chi connectivity index (χ1n) is 10.1. The molecule has 0 radical (unpaired) electrons. The van der Waals surface area contributed by atoms with Crippen molar-refractivity contribution in [3.63, 3.8) is 0 Å². The van der Waals surface area contributed by atoms with Crippen molar-refractivity contribution in [3.05, 3.63) is 119 Å². The molecule has 0 aliphatic rings. The third-order valence-electron chi connectivity index (χ3n) is 5.51. The highest BCUT2D eigenvalue weighted by molar-refractivity contribution is 6.17. The molecule has 0 fully saturated rings. The zero-order valence-corrected chi connectivity index (χ0v) is 17.3. The van der Waals surface area contributed by atoms with Crippen LogP contribution >= 0.6 is 0 Å². The summed E-state index contributed by atoms with van der Waals surface area (Å²) in [6.45, 7) is 6.67. The van der Waals surface area contributed by atoms with Gasteiger partial charge in [-0.1, -0.05) is 112 Å². The molecule has 4 rings (SSSR count). The number of benzene rings is 4. The Labute approximate surface area is 173 Å². The Hall–Kier alpha value is -3.19. The summed E-state index contributed by atoms with van der Waals surface area (Å²) >= 11 is 0. The molecule has 0 aromatic heterocycles. The number of carbonyl (C=O) groups is 1. The molecule has 1 heteroatoms. The average Bonchev–Trinajstić information content (AvgIpc) is 2.73. The van der Waals surface area contributed by atoms with Gasteiger partial charge in [0, 0.05) is 11.1 Å². The molecule has 1 nitrogen and oxygen atoms in total. The molecular formula is C28H26O. The molecule has 0 bridgehead atoms. The highest BCUT2D eigenvalue weighted by Gasteiger charge is 2.17. The van der Waals surface area contributed by atoms with Gasteiger partial charge in [0.1, 0.15) is 0 Å². The van der Waals surface area contributed by atoms with Crippen molar-refractivity contribution in [2.45, 2.75) is 32.6 Å². The van der Waals surface area contributed by atoms with E-state index in [4.69, 9.17) is 0 Å². The van der Waals surface area contributed by atoms with Crippen LogP contribution in [0.3, 0.4) is 0 Å². The van der Waals surface area contributed by atoms with Crippen molar-refractivity contribution in [3.8, 4) is 0 Å². The highest BCUT2D eigenvalue weighted by Crippen LogP contribution is 2.26. The Morgan fingerprint density at radius 1 is 0.690 bits per heavy atom. The number of hydrogen-bond donors (Lipinski definition) is 0. The van der Waals surface area contributed by atoms with Gasteiger partial charge in [-0.3, -0.25) is 4.79 Å². The highest BCUT2D eigenvalue weighted by atomic mass is 16.1. The molecule has 4 aromatic rings. The van der Waals surface area contributed by atoms with Crippen molar-refractivity contribution in [1.29, 1.82) is 0 Å². The van der Waals surface area contributed by atoms with Crippen molar-refractivity contribution < 1.29 is 4.79 Å². The van der Waals surface area contributed by atoms with E-state index in [1.54, 1.807) is 0 Å². The number of rotatable bonds is 4. The van der Waals surface area contributed by atoms with Crippen LogP contribution in [0.5, 0.6) is 0 Å². The van der Waals surface area contributed by atoms with E-state index in [-0.39, 0.29) is 11.2 Å². The van der Waals surface area contributed by atoms with Crippen LogP contribution in [0.1, 0.15) is 53.4 Å². The fourth-order valence-electron chi connectivity index (χ4n) is 3.81. The molecule has 144 valence electrons. The monoisotopic (exact) mass is 378 g/mol. The van der Waals surface area contributed by atoms with Gasteiger partial charge in [-0.2, -0.15) is 0 Å². The Kier molecular flexibility index (Phi) is 5.07. The van der Waals surface area contributed by atoms with Crippen LogP contribution in [0.4, 0.5) is 0 Å². The van der Waals surface area contributed by atoms with Crippen LogP contribution in [-0.2, 0) is 11.8 Å². The second-order valence-corrected chi connectivity index (χ2v) is 8.64. The van der Waals surface area contributed by atoms with Gasteiger partial charge in [0.05, 0.1) is 0 Å². The molecule has 0 heterocycles. The lowest BCUT2D eigenvalue weighted by molar-refractivity contribution is 0.103. The minimum atomic E-state index is 0.0868. The van der Waals surface area contributed by atoms with E-state index in [1.807, 2.05) is 48.5 Å². The Balaban J connectivity index is 1.69. The molecule has 0 saturated heterocycles. The van der Waals surface area contributed by atoms with Gasteiger partial charge in [-0.25, -0.2) is 0 Å². The van der Waals surface area contributed by atoms with Gasteiger partial charge >= 0.3 is 0 Å². The van der Waals surface area contributed by atoms with Gasteiger partial charge in [0.25, 0.3) is 0 Å². The summed E-state index contributed by atoms with van der Waals surface area (Å²) in [5.74, 6) is 0.0868. The van der Waals surface area contributed by atoms with Crippen molar-refractivity contribution in [2.75, 3.05) is 0 Å². The fraction of sp³-hybridized carbons (Fsp3) is 0.179. The van der Waals surface area contributed by atoms with E-state index in [1.165, 1.54) is 11.1 Å². The van der Waals surface area contributed by atoms with E-state index in [9.17, 15) is 4.79 Å². The summed E-state index contributed by atoms with van der Waals surface area (Å²) in [6.07, 6.45) is 0.747. The number of fused-ring (bicyclic) bond motifs is 1. The lowest BCUT2D eigenvalue weighted by atomic mass is 9.86. The quantitative estimate of drug-likeness (QED) is 0.351. The summed E-state index contributed by atoms with van der Waals surface area (Å²) in [7, 11) is 0. The number of carbonyl (C=O) groups excluding carboxylic acids is 1. The average molecular weight is 379 g/mol. The van der Waals surface area contributed by atoms with E-state index in [2.05, 4.69) is 63.2 Å². The van der Waals surface area contributed by atoms with Crippen molar-refractivity contribution >= 4 is 16.6 Å². The molecule has 0 saturated carbocycles. The molecule has 0 amide bonds. The first-order chi connectivity index (χ1) is 13.9. The summed E-state index contributed by atoms with van der Waals surface area (Å²) in [4.78, 5) is 13.5. The van der Waals surface area contributed by atoms with Crippen molar-refractivity contribution in [2.24, 2.45) is 0 Å². The molecule has 0 aliphatic carbocycles. The molecule has 29 heavy (non-hydrogen) atoms. The van der Waals surface area contributed by atoms with E-state index in [0.29, 0.717) is 0 Å². The van der Waals surface area contributed by atoms with Gasteiger partial charge < -0.3 is 0 Å². The maximum Gasteiger partial charge on any atom is 0.193 e. The standard InChI is InChI=1S/C28H26O/c1-28(2,3)23-17-15-20(16-18-23)19-22-10-5-7-13-25(22)27(29)26-14-8-11-21-9-4-6-12-24(21)26/h4-18H,19H2,1-3H3. The lowest BCUT2D eigenvalue weighted by Crippen LogP contribution is -2.11. The Morgan fingerprint density at radius 3 is 2.07 bits per heavy atom. The fourth-order valence-corrected chi connectivity index (χ4v) is 3.81. The molecule has 0 aliphatic heterocycles. The van der Waals surface area contributed by atoms with Gasteiger partial charge in [-0.05, 0) is 39.3 Å². The second-order valence-electron chi connectivity index (χ2n) is 8.64. The summed E-state index contributed by atoms with van der Waals surface area (Å²) in [5.41, 5.74) is 5.29. The van der Waals surface area contributed by atoms with Crippen LogP contribution in [-0.4, -0.2) is 5.78 Å². The first-order valence-corrected chi connectivity index (χ1v) is 10.1. The van der Waals surface area contributed by atoms with Crippen molar-refractivity contribution in [1.82, 2.24) is 0 Å². The van der Waals surface area contributed by atoms with E-state index in [0.717, 1.165) is 33.9 Å². The summed E-state index contributed by atoms with van der Waals surface area (Å²) in [6, 6.07) is 30.7. The lowest BCUT2D eigenvalue weighted by Gasteiger charge is -2.19. The first kappa shape index (κ1) is 19.1. The largest absolute Gasteiger partial charge is 0.289 e. The van der Waals surface area contributed by atoms with E-state index >= 15 is 0 Å². The molecule has 0 unspecified atom stereocenters. The number of ketones is 1. The minimum absolute atomic E-state index is 0.0868. The maximum atomic E-state index is 13.5. The van der Waals surface area contributed by atoms with Crippen LogP contribution in [0.25, 0.3) is 10.8 Å². The van der Waals surface area contributed by atoms with Gasteiger partial charge in [0.15, 0.2) is 5.78 Å². The predicted molar refractivity (Wildman–Crippen MR) is 122 cm³/mol. The molecule has 0 spiro atoms. The Morgan fingerprint density at radius 2 is 1.31 bits per heavy atom. The summed E-state index contributed by atoms with van der Waals surface area (Å²) in [5, 5.41) is 2.10. The van der Waals surface area contributed by atoms with Crippen LogP contribution in [0, 0.1) is 0 Å². The molecule has 4 aromatic carbocycles. The zero-order valence-electron chi connectivity index (χ0n) is 17.3. The zero-order chi connectivity index (χ0) is 20.4. The van der Waals surface area contributed by atoms with Crippen LogP contribution in [0.15, 0.2) is 91.0 Å². The minimum Gasteiger partial charge on any atom is -0.289 e. The normalized spacial score (nSPS) is 11.6. The third-order valence-corrected chi connectivity index (χ3v) is 5.51. The van der Waals surface area contributed by atoms with Crippen LogP contribution in [0.2, 0.25) is 0 Å². The molecule has 0 N–H and O–H groups in total. The molecule has 0 atom stereocenters. The van der Waals surface area contributed by atoms with Gasteiger partial charge in [0.2, 0.25) is 0 Å². The van der Waals surface area contributed by atoms with Gasteiger partial charge in [-0.15, -0.1) is 0 Å². The van der Waals surface area contributed by atoms with Crippen LogP contribution < -0.4 is 0 Å². The van der Waals surface area contributed by atoms with E-state index < -0.39 is 0 Å².